The van der Waals surface area contributed by atoms with Gasteiger partial charge in [0.05, 0.1) is 5.52 Å². The van der Waals surface area contributed by atoms with Gasteiger partial charge in [-0.2, -0.15) is 0 Å². The number of aromatic nitrogens is 4. The van der Waals surface area contributed by atoms with E-state index in [1.807, 2.05) is 24.4 Å². The lowest BCUT2D eigenvalue weighted by Gasteiger charge is -2.20. The van der Waals surface area contributed by atoms with E-state index in [2.05, 4.69) is 140 Å². The zero-order valence-electron chi connectivity index (χ0n) is 27.9. The van der Waals surface area contributed by atoms with E-state index >= 15 is 0 Å². The Kier molecular flexibility index (Phi) is 6.72. The molecule has 2 aromatic heterocycles. The molecule has 4 heteroatoms. The van der Waals surface area contributed by atoms with E-state index in [4.69, 9.17) is 19.9 Å². The lowest BCUT2D eigenvalue weighted by atomic mass is 9.84. The Morgan fingerprint density at radius 1 is 0.510 bits per heavy atom. The second-order valence-corrected chi connectivity index (χ2v) is 13.3. The summed E-state index contributed by atoms with van der Waals surface area (Å²) in [6.07, 6.45) is 2.79. The topological polar surface area (TPSA) is 51.6 Å². The van der Waals surface area contributed by atoms with Crippen LogP contribution in [0.5, 0.6) is 0 Å². The molecule has 1 atom stereocenters. The molecule has 1 aliphatic carbocycles. The van der Waals surface area contributed by atoms with Gasteiger partial charge in [0.25, 0.3) is 0 Å². The first-order valence-electron chi connectivity index (χ1n) is 17.4. The Morgan fingerprint density at radius 2 is 1.10 bits per heavy atom. The largest absolute Gasteiger partial charge is 0.256 e. The third-order valence-corrected chi connectivity index (χ3v) is 10.2. The maximum Gasteiger partial charge on any atom is 0.164 e. The summed E-state index contributed by atoms with van der Waals surface area (Å²) in [5.74, 6) is 9.05. The fourth-order valence-corrected chi connectivity index (χ4v) is 7.64. The first-order valence-corrected chi connectivity index (χ1v) is 17.4. The highest BCUT2D eigenvalue weighted by atomic mass is 15.0. The van der Waals surface area contributed by atoms with E-state index < -0.39 is 0 Å². The van der Waals surface area contributed by atoms with E-state index in [1.165, 1.54) is 21.7 Å². The number of para-hydroxylation sites is 1. The van der Waals surface area contributed by atoms with Crippen LogP contribution >= 0.6 is 0 Å². The minimum atomic E-state index is 0.352. The standard InChI is InChI=1S/C47H30N4/c1-29-11-10-14-34-27-42(39-18-7-8-19-40(39)44(29)34)47-50-45(31-23-21-30(22-24-31)35-25-33-13-3-9-20-43(33)48-28-35)49-46(51-47)41-26-32-12-2-4-15-36(32)37-16-5-6-17-38(37)41/h2-9,12-13,15-29H,11H2,1H3. The molecule has 0 radical (unpaired) electrons. The summed E-state index contributed by atoms with van der Waals surface area (Å²) >= 11 is 0. The molecule has 0 spiro atoms. The SMILES string of the molecule is CC1CC#Cc2cc(-c3nc(-c4ccc(-c5cnc6ccccc6c5)cc4)nc(-c4cc5ccccc5c5ccccc45)n3)c3ccccc3c21. The minimum absolute atomic E-state index is 0.352. The lowest BCUT2D eigenvalue weighted by molar-refractivity contribution is 0.793. The van der Waals surface area contributed by atoms with Gasteiger partial charge in [0.15, 0.2) is 17.5 Å². The molecule has 2 heterocycles. The molecule has 10 rings (SSSR count). The maximum absolute atomic E-state index is 5.29. The van der Waals surface area contributed by atoms with Crippen molar-refractivity contribution in [1.82, 2.24) is 19.9 Å². The van der Waals surface area contributed by atoms with E-state index in [0.29, 0.717) is 23.4 Å². The molecule has 51 heavy (non-hydrogen) atoms. The van der Waals surface area contributed by atoms with Crippen molar-refractivity contribution in [2.24, 2.45) is 0 Å². The van der Waals surface area contributed by atoms with Gasteiger partial charge in [-0.1, -0.05) is 134 Å². The van der Waals surface area contributed by atoms with Gasteiger partial charge in [0.2, 0.25) is 0 Å². The summed E-state index contributed by atoms with van der Waals surface area (Å²) in [5.41, 5.74) is 8.34. The molecule has 0 fully saturated rings. The van der Waals surface area contributed by atoms with Crippen molar-refractivity contribution in [1.29, 1.82) is 0 Å². The van der Waals surface area contributed by atoms with Crippen molar-refractivity contribution < 1.29 is 0 Å². The van der Waals surface area contributed by atoms with Gasteiger partial charge in [0, 0.05) is 45.8 Å². The first-order chi connectivity index (χ1) is 25.2. The van der Waals surface area contributed by atoms with Crippen LogP contribution in [0, 0.1) is 11.8 Å². The van der Waals surface area contributed by atoms with E-state index in [1.54, 1.807) is 0 Å². The highest BCUT2D eigenvalue weighted by molar-refractivity contribution is 6.13. The molecule has 0 bridgehead atoms. The molecule has 1 aliphatic rings. The van der Waals surface area contributed by atoms with Gasteiger partial charge in [-0.25, -0.2) is 15.0 Å². The van der Waals surface area contributed by atoms with Crippen molar-refractivity contribution in [2.45, 2.75) is 19.3 Å². The summed E-state index contributed by atoms with van der Waals surface area (Å²) < 4.78 is 0. The third-order valence-electron chi connectivity index (χ3n) is 10.2. The number of pyridine rings is 1. The molecule has 7 aromatic carbocycles. The van der Waals surface area contributed by atoms with Crippen molar-refractivity contribution in [3.05, 3.63) is 157 Å². The highest BCUT2D eigenvalue weighted by Crippen LogP contribution is 2.40. The molecule has 4 nitrogen and oxygen atoms in total. The Labute approximate surface area is 295 Å². The van der Waals surface area contributed by atoms with Gasteiger partial charge in [-0.15, -0.1) is 0 Å². The summed E-state index contributed by atoms with van der Waals surface area (Å²) in [6.45, 7) is 2.26. The summed E-state index contributed by atoms with van der Waals surface area (Å²) in [7, 11) is 0. The number of hydrogen-bond donors (Lipinski definition) is 0. The van der Waals surface area contributed by atoms with Gasteiger partial charge >= 0.3 is 0 Å². The first kappa shape index (κ1) is 29.2. The minimum Gasteiger partial charge on any atom is -0.256 e. The van der Waals surface area contributed by atoms with E-state index in [9.17, 15) is 0 Å². The molecular weight excluding hydrogens is 621 g/mol. The summed E-state index contributed by atoms with van der Waals surface area (Å²) in [4.78, 5) is 20.4. The van der Waals surface area contributed by atoms with Crippen LogP contribution in [0.1, 0.15) is 30.4 Å². The van der Waals surface area contributed by atoms with Crippen LogP contribution in [0.25, 0.3) is 88.5 Å². The van der Waals surface area contributed by atoms with Crippen LogP contribution < -0.4 is 0 Å². The highest BCUT2D eigenvalue weighted by Gasteiger charge is 2.22. The van der Waals surface area contributed by atoms with Crippen molar-refractivity contribution in [3.8, 4) is 57.1 Å². The van der Waals surface area contributed by atoms with Gasteiger partial charge < -0.3 is 0 Å². The average molecular weight is 651 g/mol. The molecule has 0 N–H and O–H groups in total. The number of hydrogen-bond acceptors (Lipinski definition) is 4. The smallest absolute Gasteiger partial charge is 0.164 e. The molecular formula is C47H30N4. The summed E-state index contributed by atoms with van der Waals surface area (Å²) in [5, 5.41) is 8.08. The Balaban J connectivity index is 1.20. The molecule has 238 valence electrons. The van der Waals surface area contributed by atoms with Crippen LogP contribution in [-0.4, -0.2) is 19.9 Å². The number of rotatable bonds is 4. The zero-order chi connectivity index (χ0) is 33.9. The van der Waals surface area contributed by atoms with Crippen molar-refractivity contribution in [2.75, 3.05) is 0 Å². The Morgan fingerprint density at radius 3 is 1.88 bits per heavy atom. The second-order valence-electron chi connectivity index (χ2n) is 13.3. The number of benzene rings is 7. The fourth-order valence-electron chi connectivity index (χ4n) is 7.64. The van der Waals surface area contributed by atoms with Gasteiger partial charge in [-0.05, 0) is 73.6 Å². The van der Waals surface area contributed by atoms with Crippen LogP contribution in [-0.2, 0) is 0 Å². The van der Waals surface area contributed by atoms with Crippen LogP contribution in [0.2, 0.25) is 0 Å². The fraction of sp³-hybridized carbons (Fsp3) is 0.0638. The maximum atomic E-state index is 5.29. The number of fused-ring (bicyclic) bond motifs is 7. The second kappa shape index (κ2) is 11.7. The van der Waals surface area contributed by atoms with Gasteiger partial charge in [0.1, 0.15) is 0 Å². The molecule has 0 saturated carbocycles. The average Bonchev–Trinajstić information content (AvgIpc) is 3.20. The number of nitrogens with zero attached hydrogens (tertiary/aromatic N) is 4. The zero-order valence-corrected chi connectivity index (χ0v) is 27.9. The summed E-state index contributed by atoms with van der Waals surface area (Å²) in [6, 6.07) is 48.9. The lowest BCUT2D eigenvalue weighted by Crippen LogP contribution is -2.05. The molecule has 0 aliphatic heterocycles. The molecule has 1 unspecified atom stereocenters. The Bertz CT molecular complexity index is 2910. The van der Waals surface area contributed by atoms with Gasteiger partial charge in [-0.3, -0.25) is 4.98 Å². The molecule has 0 saturated heterocycles. The van der Waals surface area contributed by atoms with Crippen LogP contribution in [0.3, 0.4) is 0 Å². The predicted molar refractivity (Wildman–Crippen MR) is 209 cm³/mol. The monoisotopic (exact) mass is 650 g/mol. The predicted octanol–water partition coefficient (Wildman–Crippen LogP) is 11.4. The molecule has 0 amide bonds. The Hall–Kier alpha value is -6.70. The molecule has 9 aromatic rings. The van der Waals surface area contributed by atoms with E-state index in [-0.39, 0.29) is 0 Å². The quantitative estimate of drug-likeness (QED) is 0.140. The van der Waals surface area contributed by atoms with Crippen LogP contribution in [0.15, 0.2) is 146 Å². The van der Waals surface area contributed by atoms with Crippen LogP contribution in [0.4, 0.5) is 0 Å². The van der Waals surface area contributed by atoms with Crippen molar-refractivity contribution >= 4 is 43.2 Å². The third kappa shape index (κ3) is 4.94. The van der Waals surface area contributed by atoms with Crippen molar-refractivity contribution in [3.63, 3.8) is 0 Å². The van der Waals surface area contributed by atoms with E-state index in [0.717, 1.165) is 66.9 Å². The normalized spacial score (nSPS) is 13.7.